The maximum Gasteiger partial charge on any atom is 0.505 e. The zero-order valence-corrected chi connectivity index (χ0v) is 18.2. The van der Waals surface area contributed by atoms with Crippen LogP contribution in [0.4, 0.5) is 11.4 Å². The predicted octanol–water partition coefficient (Wildman–Crippen LogP) is 3.42. The highest BCUT2D eigenvalue weighted by Gasteiger charge is 2.26. The summed E-state index contributed by atoms with van der Waals surface area (Å²) < 4.78 is 36.2. The van der Waals surface area contributed by atoms with Crippen molar-refractivity contribution < 1.29 is 22.5 Å². The van der Waals surface area contributed by atoms with Crippen LogP contribution in [0.3, 0.4) is 0 Å². The van der Waals surface area contributed by atoms with Gasteiger partial charge in [-0.3, -0.25) is 9.52 Å². The monoisotopic (exact) mass is 455 g/mol. The Hall–Kier alpha value is -3.30. The van der Waals surface area contributed by atoms with Crippen molar-refractivity contribution in [1.29, 1.82) is 0 Å². The van der Waals surface area contributed by atoms with E-state index in [0.29, 0.717) is 40.8 Å². The van der Waals surface area contributed by atoms with Gasteiger partial charge >= 0.3 is 11.7 Å². The molecule has 0 unspecified atom stereocenters. The minimum Gasteiger partial charge on any atom is -0.506 e. The summed E-state index contributed by atoms with van der Waals surface area (Å²) in [5.41, 5.74) is 3.95. The molecule has 2 N–H and O–H groups in total. The van der Waals surface area contributed by atoms with E-state index in [4.69, 9.17) is 0 Å². The molecule has 3 aromatic carbocycles. The van der Waals surface area contributed by atoms with Gasteiger partial charge in [0.2, 0.25) is 10.0 Å². The molecule has 9 heteroatoms. The van der Waals surface area contributed by atoms with Gasteiger partial charge in [0.1, 0.15) is 5.75 Å². The fourth-order valence-corrected chi connectivity index (χ4v) is 4.40. The Kier molecular flexibility index (Phi) is 5.47. The van der Waals surface area contributed by atoms with Crippen molar-refractivity contribution in [2.75, 3.05) is 22.4 Å². The van der Waals surface area contributed by atoms with Crippen LogP contribution in [-0.4, -0.2) is 32.2 Å². The van der Waals surface area contributed by atoms with Gasteiger partial charge in [-0.1, -0.05) is 12.1 Å². The van der Waals surface area contributed by atoms with Crippen LogP contribution >= 0.6 is 0 Å². The first-order valence-corrected chi connectivity index (χ1v) is 12.0. The van der Waals surface area contributed by atoms with E-state index < -0.39 is 10.0 Å². The molecule has 0 aliphatic carbocycles. The van der Waals surface area contributed by atoms with Crippen molar-refractivity contribution in [3.05, 3.63) is 71.8 Å². The van der Waals surface area contributed by atoms with E-state index in [0.717, 1.165) is 22.9 Å². The molecule has 1 amide bonds. The highest BCUT2D eigenvalue weighted by Crippen LogP contribution is 2.33. The number of sulfonamides is 1. The molecule has 158 valence electrons. The average Bonchev–Trinajstić information content (AvgIpc) is 2.74. The van der Waals surface area contributed by atoms with Gasteiger partial charge in [0, 0.05) is 34.1 Å². The van der Waals surface area contributed by atoms with E-state index in [2.05, 4.69) is 4.72 Å². The molecule has 0 saturated heterocycles. The lowest BCUT2D eigenvalue weighted by Gasteiger charge is -2.29. The van der Waals surface area contributed by atoms with Crippen molar-refractivity contribution in [2.45, 2.75) is 11.3 Å². The molecule has 0 atom stereocenters. The molecule has 0 radical (unpaired) electrons. The van der Waals surface area contributed by atoms with Crippen molar-refractivity contribution in [3.8, 4) is 16.9 Å². The number of benzene rings is 3. The topological polar surface area (TPSA) is 104 Å². The Bertz CT molecular complexity index is 1290. The smallest absolute Gasteiger partial charge is 0.505 e. The van der Waals surface area contributed by atoms with Crippen LogP contribution in [0.15, 0.2) is 65.6 Å². The van der Waals surface area contributed by atoms with Crippen LogP contribution in [0, 0.1) is 0 Å². The number of fused-ring (bicyclic) bond motifs is 1. The first-order valence-electron chi connectivity index (χ1n) is 9.41. The molecule has 3 aromatic rings. The number of nitrogens with zero attached hydrogens (tertiary/aromatic N) is 1. The minimum atomic E-state index is -3.58. The van der Waals surface area contributed by atoms with E-state index >= 15 is 0 Å². The van der Waals surface area contributed by atoms with Crippen LogP contribution in [0.25, 0.3) is 11.1 Å². The van der Waals surface area contributed by atoms with Crippen molar-refractivity contribution >= 4 is 39.0 Å². The number of hydrogen-bond donors (Lipinski definition) is 2. The normalized spacial score (nSPS) is 13.6. The average molecular weight is 456 g/mol. The van der Waals surface area contributed by atoms with Crippen LogP contribution < -0.4 is 9.62 Å². The van der Waals surface area contributed by atoms with E-state index in [-0.39, 0.29) is 17.3 Å². The van der Waals surface area contributed by atoms with E-state index in [1.165, 1.54) is 12.1 Å². The number of phenolic OH excluding ortho intramolecular Hbond substituents is 1. The number of phenols is 1. The van der Waals surface area contributed by atoms with Gasteiger partial charge in [-0.25, -0.2) is 8.42 Å². The Morgan fingerprint density at radius 3 is 2.39 bits per heavy atom. The number of rotatable bonds is 5. The van der Waals surface area contributed by atoms with E-state index in [1.807, 2.05) is 24.3 Å². The Morgan fingerprint density at radius 1 is 1.00 bits per heavy atom. The Labute approximate surface area is 183 Å². The van der Waals surface area contributed by atoms with Crippen molar-refractivity contribution in [2.24, 2.45) is 0 Å². The number of carbonyl (C=O) groups excluding carboxylic acids is 1. The summed E-state index contributed by atoms with van der Waals surface area (Å²) in [6.07, 6.45) is 1.62. The molecule has 31 heavy (non-hydrogen) atoms. The molecule has 0 fully saturated rings. The summed E-state index contributed by atoms with van der Waals surface area (Å²) in [6.45, 7) is 0.421. The second-order valence-electron chi connectivity index (χ2n) is 7.26. The largest absolute Gasteiger partial charge is 0.506 e. The second kappa shape index (κ2) is 8.09. The van der Waals surface area contributed by atoms with E-state index in [9.17, 15) is 22.5 Å². The van der Waals surface area contributed by atoms with Gasteiger partial charge in [-0.15, -0.1) is 0 Å². The maximum atomic E-state index is 13.1. The second-order valence-corrected chi connectivity index (χ2v) is 9.65. The third kappa shape index (κ3) is 4.42. The molecule has 4 rings (SSSR count). The molecule has 0 spiro atoms. The molecule has 1 aliphatic rings. The number of anilines is 2. The molecule has 0 bridgehead atoms. The Balaban J connectivity index is 1.63. The summed E-state index contributed by atoms with van der Waals surface area (Å²) in [6, 6.07) is 17.3. The minimum absolute atomic E-state index is 0.0219. The molecule has 1 heterocycles. The van der Waals surface area contributed by atoms with Gasteiger partial charge < -0.3 is 10.0 Å². The van der Waals surface area contributed by atoms with Crippen molar-refractivity contribution in [3.63, 3.8) is 0 Å². The zero-order chi connectivity index (χ0) is 22.2. The molecule has 1 aliphatic heterocycles. The highest BCUT2D eigenvalue weighted by atomic mass is 32.2. The molecular weight excluding hydrogens is 436 g/mol. The lowest BCUT2D eigenvalue weighted by Crippen LogP contribution is -2.37. The first-order chi connectivity index (χ1) is 14.7. The van der Waals surface area contributed by atoms with Gasteiger partial charge in [0.15, 0.2) is 0 Å². The summed E-state index contributed by atoms with van der Waals surface area (Å²) in [4.78, 5) is 15.3. The quantitative estimate of drug-likeness (QED) is 0.453. The lowest BCUT2D eigenvalue weighted by molar-refractivity contribution is 0.0980. The lowest BCUT2D eigenvalue weighted by atomic mass is 9.94. The van der Waals surface area contributed by atoms with Gasteiger partial charge in [0.25, 0.3) is 10.8 Å². The first kappa shape index (κ1) is 21.0. The molecule has 7 nitrogen and oxygen atoms in total. The van der Waals surface area contributed by atoms with Gasteiger partial charge in [-0.2, -0.15) is 0 Å². The van der Waals surface area contributed by atoms with Gasteiger partial charge in [0.05, 0.1) is 11.9 Å². The van der Waals surface area contributed by atoms with Crippen LogP contribution in [-0.2, 0) is 32.3 Å². The third-order valence-corrected chi connectivity index (χ3v) is 6.11. The highest BCUT2D eigenvalue weighted by molar-refractivity contribution is 7.92. The maximum absolute atomic E-state index is 13.1. The molecular formula is C22H19N2O5S2+. The number of aromatic hydroxyl groups is 1. The zero-order valence-electron chi connectivity index (χ0n) is 16.5. The molecule has 0 aromatic heterocycles. The van der Waals surface area contributed by atoms with Crippen molar-refractivity contribution in [1.82, 2.24) is 0 Å². The Morgan fingerprint density at radius 2 is 1.71 bits per heavy atom. The fourth-order valence-electron chi connectivity index (χ4n) is 3.59. The number of nitrogens with one attached hydrogen (secondary N) is 1. The van der Waals surface area contributed by atoms with Crippen LogP contribution in [0.1, 0.15) is 15.9 Å². The number of hydrogen-bond acceptors (Lipinski definition) is 5. The predicted molar refractivity (Wildman–Crippen MR) is 120 cm³/mol. The fraction of sp³-hybridized carbons (Fsp3) is 0.136. The summed E-state index contributed by atoms with van der Waals surface area (Å²) in [5, 5.41) is 9.94. The summed E-state index contributed by atoms with van der Waals surface area (Å²) >= 11 is 0.445. The summed E-state index contributed by atoms with van der Waals surface area (Å²) in [7, 11) is -3.58. The van der Waals surface area contributed by atoms with Crippen LogP contribution in [0.5, 0.6) is 5.75 Å². The number of carbonyl (C=O) groups is 1. The molecule has 0 saturated carbocycles. The number of amides is 1. The van der Waals surface area contributed by atoms with Crippen LogP contribution in [0.2, 0.25) is 0 Å². The van der Waals surface area contributed by atoms with Gasteiger partial charge in [-0.05, 0) is 59.5 Å². The summed E-state index contributed by atoms with van der Waals surface area (Å²) in [5.74, 6) is -0.410. The SMILES string of the molecule is CS(=O)(=O)Nc1cc(N2CCc3cc(-c4ccc([S+]=O)cc4)ccc3C2=O)ccc1O. The standard InChI is InChI=1S/C22H18N2O5S2/c1-31(28,29)23-20-13-17(5-9-21(20)25)24-11-10-16-12-15(4-8-19(16)22(24)26)14-2-6-18(30-27)7-3-14/h2-9,12-13H,10-11H2,1H3,(H-,23,25,26,27)/p+1. The van der Waals surface area contributed by atoms with E-state index in [1.54, 1.807) is 29.2 Å². The third-order valence-electron chi connectivity index (χ3n) is 5.06.